The van der Waals surface area contributed by atoms with Gasteiger partial charge >= 0.3 is 0 Å². The molecule has 17 rings (SSSR count). The lowest BCUT2D eigenvalue weighted by molar-refractivity contribution is -0.126. The van der Waals surface area contributed by atoms with Crippen molar-refractivity contribution in [2.45, 2.75) is 194 Å². The van der Waals surface area contributed by atoms with E-state index in [1.54, 1.807) is 24.3 Å². The van der Waals surface area contributed by atoms with Crippen molar-refractivity contribution in [1.29, 1.82) is 0 Å². The van der Waals surface area contributed by atoms with Gasteiger partial charge in [0, 0.05) is 77.8 Å². The van der Waals surface area contributed by atoms with Gasteiger partial charge in [-0.1, -0.05) is 116 Å². The van der Waals surface area contributed by atoms with Crippen LogP contribution < -0.4 is 29.6 Å². The van der Waals surface area contributed by atoms with Gasteiger partial charge in [0.1, 0.15) is 58.1 Å². The van der Waals surface area contributed by atoms with Crippen LogP contribution in [-0.4, -0.2) is 94.8 Å². The zero-order valence-corrected chi connectivity index (χ0v) is 65.9. The Bertz CT molecular complexity index is 4990. The van der Waals surface area contributed by atoms with Crippen LogP contribution in [-0.2, 0) is 31.9 Å². The van der Waals surface area contributed by atoms with E-state index in [4.69, 9.17) is 28.4 Å². The van der Waals surface area contributed by atoms with Crippen LogP contribution in [0.25, 0.3) is 43.1 Å². The molecule has 8 unspecified atom stereocenters. The third-order valence-electron chi connectivity index (χ3n) is 23.9. The van der Waals surface area contributed by atoms with Gasteiger partial charge in [0.15, 0.2) is 0 Å². The minimum Gasteiger partial charge on any atom is -0.456 e. The monoisotopic (exact) mass is 1510 g/mol. The van der Waals surface area contributed by atoms with Crippen molar-refractivity contribution in [1.82, 2.24) is 20.4 Å². The van der Waals surface area contributed by atoms with Crippen LogP contribution >= 0.6 is 22.7 Å². The molecule has 2 saturated heterocycles. The summed E-state index contributed by atoms with van der Waals surface area (Å²) in [5, 5.41) is 13.2. The lowest BCUT2D eigenvalue weighted by atomic mass is 9.80. The van der Waals surface area contributed by atoms with Gasteiger partial charge < -0.3 is 39.1 Å². The van der Waals surface area contributed by atoms with Crippen LogP contribution in [0, 0.1) is 39.5 Å². The molecule has 2 N–H and O–H groups in total. The number of hydrogen-bond donors (Lipinski definition) is 2. The Kier molecular flexibility index (Phi) is 19.0. The fraction of sp³-hybridized carbons (Fsp3) is 0.370. The molecule has 2 aliphatic carbocycles. The smallest absolute Gasteiger partial charge is 0.262 e. The van der Waals surface area contributed by atoms with Crippen molar-refractivity contribution in [2.24, 2.45) is 11.8 Å². The summed E-state index contributed by atoms with van der Waals surface area (Å²) in [4.78, 5) is 102. The Morgan fingerprint density at radius 1 is 0.400 bits per heavy atom. The molecular formula is C92H92N4O12S2. The highest BCUT2D eigenvalue weighted by molar-refractivity contribution is 7.10. The van der Waals surface area contributed by atoms with E-state index in [0.717, 1.165) is 89.7 Å². The molecule has 110 heavy (non-hydrogen) atoms. The van der Waals surface area contributed by atoms with Crippen LogP contribution in [0.2, 0.25) is 0 Å². The normalized spacial score (nSPS) is 20.1. The second-order valence-electron chi connectivity index (χ2n) is 32.7. The van der Waals surface area contributed by atoms with Gasteiger partial charge in [-0.05, 0) is 218 Å². The second-order valence-corrected chi connectivity index (χ2v) is 34.7. The molecule has 0 radical (unpaired) electrons. The topological polar surface area (TPSA) is 195 Å². The van der Waals surface area contributed by atoms with Gasteiger partial charge in [-0.2, -0.15) is 0 Å². The molecule has 11 aromatic rings. The second kappa shape index (κ2) is 28.7. The van der Waals surface area contributed by atoms with Crippen molar-refractivity contribution in [3.8, 4) is 46.0 Å². The van der Waals surface area contributed by atoms with Gasteiger partial charge in [-0.15, -0.1) is 22.7 Å². The molecule has 2 aromatic heterocycles. The molecule has 6 heterocycles. The summed E-state index contributed by atoms with van der Waals surface area (Å²) >= 11 is 2.89. The van der Waals surface area contributed by atoms with Crippen LogP contribution in [0.1, 0.15) is 213 Å². The predicted octanol–water partition coefficient (Wildman–Crippen LogP) is 20.5. The number of imide groups is 2. The number of amides is 6. The summed E-state index contributed by atoms with van der Waals surface area (Å²) in [6.45, 7) is 26.3. The molecule has 4 fully saturated rings. The van der Waals surface area contributed by atoms with E-state index < -0.39 is 47.5 Å². The fourth-order valence-corrected chi connectivity index (χ4v) is 19.0. The minimum atomic E-state index is -1.32. The highest BCUT2D eigenvalue weighted by Crippen LogP contribution is 2.59. The number of benzene rings is 9. The molecule has 0 spiro atoms. The van der Waals surface area contributed by atoms with Crippen LogP contribution in [0.5, 0.6) is 46.0 Å². The van der Waals surface area contributed by atoms with Gasteiger partial charge in [-0.25, -0.2) is 0 Å². The quantitative estimate of drug-likeness (QED) is 0.0252. The van der Waals surface area contributed by atoms with E-state index in [1.807, 2.05) is 111 Å². The Morgan fingerprint density at radius 3 is 0.936 bits per heavy atom. The molecule has 2 saturated carbocycles. The van der Waals surface area contributed by atoms with Crippen LogP contribution in [0.3, 0.4) is 0 Å². The summed E-state index contributed by atoms with van der Waals surface area (Å²) in [5.74, 6) is -0.117. The summed E-state index contributed by atoms with van der Waals surface area (Å²) in [7, 11) is 0. The standard InChI is InChI=1S/C92H92N4O12S2/c1-45(2)53-19-25-69(49(9)31-53)105-73-39-63-79-64(90(100)95(89(63)99)67(37-61-15-13-29-109-61)87(97)93-59-23-17-57(35-59)77-43-103-77)41-75(107-71-27-21-55(47(5)6)33-51(71)11)83-84-76(108-72-28-22-56(48(7)8)34-52(72)12)42-66-80-65(40-74(82(86(80)84)81(73)85(79)83)106-70-26-20-54(46(3)4)32-50(70)10)91(101)96(92(66)102)68(38-62-16-14-30-110-62)88(98)94-60-24-18-58(36-60)78-44-104-78/h13-16,19-22,25-34,39-42,45-48,57-60,67-68,77-78H,17-18,23-24,35-38,43-44H2,1-12H3,(H,93,97)(H,94,98). The van der Waals surface area contributed by atoms with Gasteiger partial charge in [0.05, 0.1) is 47.7 Å². The molecule has 0 bridgehead atoms. The number of nitrogens with one attached hydrogen (secondary N) is 2. The zero-order valence-electron chi connectivity index (χ0n) is 64.3. The number of thiophene rings is 2. The predicted molar refractivity (Wildman–Crippen MR) is 432 cm³/mol. The van der Waals surface area contributed by atoms with Crippen molar-refractivity contribution in [2.75, 3.05) is 13.2 Å². The van der Waals surface area contributed by atoms with Crippen LogP contribution in [0.4, 0.5) is 0 Å². The third-order valence-corrected chi connectivity index (χ3v) is 25.7. The average molecular weight is 1510 g/mol. The largest absolute Gasteiger partial charge is 0.456 e. The van der Waals surface area contributed by atoms with Crippen molar-refractivity contribution in [3.05, 3.63) is 209 Å². The first kappa shape index (κ1) is 72.9. The Morgan fingerprint density at radius 2 is 0.691 bits per heavy atom. The van der Waals surface area contributed by atoms with E-state index in [2.05, 4.69) is 90.3 Å². The van der Waals surface area contributed by atoms with Gasteiger partial charge in [0.25, 0.3) is 23.6 Å². The first-order valence-electron chi connectivity index (χ1n) is 39.1. The van der Waals surface area contributed by atoms with Crippen molar-refractivity contribution < 1.29 is 57.2 Å². The van der Waals surface area contributed by atoms with Crippen LogP contribution in [0.15, 0.2) is 132 Å². The first-order valence-corrected chi connectivity index (χ1v) is 40.8. The number of fused-ring (bicyclic) bond motifs is 2. The number of nitrogens with zero attached hydrogens (tertiary/aromatic N) is 2. The number of carbonyl (C=O) groups is 6. The summed E-state index contributed by atoms with van der Waals surface area (Å²) in [5.41, 5.74) is 7.75. The molecular weight excluding hydrogens is 1420 g/mol. The number of ether oxygens (including phenoxy) is 6. The molecule has 18 heteroatoms. The van der Waals surface area contributed by atoms with Crippen molar-refractivity contribution >= 4 is 101 Å². The van der Waals surface area contributed by atoms with E-state index in [9.17, 15) is 0 Å². The summed E-state index contributed by atoms with van der Waals surface area (Å²) in [6.07, 6.45) is 5.00. The summed E-state index contributed by atoms with van der Waals surface area (Å²) in [6, 6.07) is 35.5. The number of epoxide rings is 2. The number of rotatable bonds is 24. The maximum atomic E-state index is 16.8. The number of hydrogen-bond acceptors (Lipinski definition) is 14. The van der Waals surface area contributed by atoms with E-state index in [-0.39, 0.29) is 129 Å². The Labute approximate surface area is 649 Å². The molecule has 564 valence electrons. The number of aryl methyl sites for hydroxylation is 4. The Hall–Kier alpha value is -9.98. The molecule has 6 amide bonds. The maximum Gasteiger partial charge on any atom is 0.262 e. The maximum absolute atomic E-state index is 16.8. The Balaban J connectivity index is 0.993. The molecule has 9 aromatic carbocycles. The zero-order chi connectivity index (χ0) is 76.6. The third kappa shape index (κ3) is 13.2. The lowest BCUT2D eigenvalue weighted by Crippen LogP contribution is -2.56. The van der Waals surface area contributed by atoms with Gasteiger partial charge in [0.2, 0.25) is 11.8 Å². The average Bonchev–Trinajstić information content (AvgIpc) is 0.960. The molecule has 6 aliphatic rings. The molecule has 16 nitrogen and oxygen atoms in total. The fourth-order valence-electron chi connectivity index (χ4n) is 17.6. The van der Waals surface area contributed by atoms with E-state index in [0.29, 0.717) is 81.4 Å². The SMILES string of the molecule is Cc1cc(C(C)C)ccc1Oc1cc2c3c(cc(Oc4ccc(C(C)C)cc4C)c4c5c(Oc6ccc(C(C)C)cc6C)cc6c7c(cc(Oc8ccc(C(C)C)cc8C)c(c1c34)c75)C(=O)N(C(Cc1cccs1)C(=O)NC1CCC(C3CO3)C1)C6=O)C(=O)N(C(Cc1cccs1)C(=O)NC1CCC(C3CO3)C1)C2=O. The molecule has 8 atom stereocenters. The highest BCUT2D eigenvalue weighted by Gasteiger charge is 2.49. The number of carbonyl (C=O) groups excluding carboxylic acids is 6. The minimum absolute atomic E-state index is 0.0368. The van der Waals surface area contributed by atoms with E-state index in [1.165, 1.54) is 22.7 Å². The molecule has 4 aliphatic heterocycles. The summed E-state index contributed by atoms with van der Waals surface area (Å²) < 4.78 is 41.8. The van der Waals surface area contributed by atoms with E-state index >= 15 is 28.8 Å². The lowest BCUT2D eigenvalue weighted by Gasteiger charge is -2.36. The van der Waals surface area contributed by atoms with Gasteiger partial charge in [-0.3, -0.25) is 38.6 Å². The highest BCUT2D eigenvalue weighted by atomic mass is 32.1. The van der Waals surface area contributed by atoms with Crippen molar-refractivity contribution in [3.63, 3.8) is 0 Å². The first-order chi connectivity index (χ1) is 52.9.